The molecule has 1 aromatic heterocycles. The van der Waals surface area contributed by atoms with Crippen molar-refractivity contribution in [3.05, 3.63) is 87.2 Å². The number of ether oxygens (including phenoxy) is 2. The molecule has 1 saturated heterocycles. The number of rotatable bonds is 5. The molecule has 3 aromatic rings. The van der Waals surface area contributed by atoms with Crippen LogP contribution in [0.2, 0.25) is 10.0 Å². The van der Waals surface area contributed by atoms with E-state index in [4.69, 9.17) is 32.7 Å². The lowest BCUT2D eigenvalue weighted by molar-refractivity contribution is -0.132. The summed E-state index contributed by atoms with van der Waals surface area (Å²) in [6.07, 6.45) is 1.55. The first-order chi connectivity index (χ1) is 16.3. The van der Waals surface area contributed by atoms with Crippen molar-refractivity contribution in [3.63, 3.8) is 0 Å². The molecule has 7 nitrogen and oxygen atoms in total. The molecule has 1 fully saturated rings. The van der Waals surface area contributed by atoms with Gasteiger partial charge in [-0.25, -0.2) is 0 Å². The summed E-state index contributed by atoms with van der Waals surface area (Å²) in [6, 6.07) is 12.7. The molecule has 9 heteroatoms. The zero-order chi connectivity index (χ0) is 24.6. The highest BCUT2D eigenvalue weighted by atomic mass is 35.5. The molecule has 0 bridgehead atoms. The second-order valence-corrected chi connectivity index (χ2v) is 8.33. The number of aromatic nitrogens is 1. The number of benzene rings is 2. The second-order valence-electron chi connectivity index (χ2n) is 7.55. The van der Waals surface area contributed by atoms with E-state index in [-0.39, 0.29) is 32.7 Å². The van der Waals surface area contributed by atoms with Crippen LogP contribution in [0, 0.1) is 6.92 Å². The van der Waals surface area contributed by atoms with Crippen LogP contribution >= 0.6 is 23.2 Å². The first-order valence-corrected chi connectivity index (χ1v) is 10.9. The highest BCUT2D eigenvalue weighted by Gasteiger charge is 2.48. The molecule has 0 saturated carbocycles. The van der Waals surface area contributed by atoms with Crippen LogP contribution < -0.4 is 14.4 Å². The van der Waals surface area contributed by atoms with Gasteiger partial charge >= 0.3 is 0 Å². The summed E-state index contributed by atoms with van der Waals surface area (Å²) < 4.78 is 10.6. The van der Waals surface area contributed by atoms with Crippen LogP contribution in [0.1, 0.15) is 22.9 Å². The summed E-state index contributed by atoms with van der Waals surface area (Å²) in [5.74, 6) is -1.97. The zero-order valence-electron chi connectivity index (χ0n) is 18.5. The number of amides is 1. The lowest BCUT2D eigenvalue weighted by Gasteiger charge is -2.25. The maximum absolute atomic E-state index is 13.3. The van der Waals surface area contributed by atoms with Crippen molar-refractivity contribution in [1.82, 2.24) is 4.98 Å². The number of ketones is 1. The van der Waals surface area contributed by atoms with Crippen LogP contribution in [-0.4, -0.2) is 36.0 Å². The van der Waals surface area contributed by atoms with Gasteiger partial charge < -0.3 is 14.6 Å². The summed E-state index contributed by atoms with van der Waals surface area (Å²) in [4.78, 5) is 32.2. The molecule has 2 aromatic carbocycles. The quantitative estimate of drug-likeness (QED) is 0.290. The number of carbonyl (C=O) groups is 2. The Hall–Kier alpha value is -3.55. The Morgan fingerprint density at radius 1 is 1.03 bits per heavy atom. The highest BCUT2D eigenvalue weighted by Crippen LogP contribution is 2.47. The van der Waals surface area contributed by atoms with Crippen LogP contribution in [0.25, 0.3) is 5.76 Å². The van der Waals surface area contributed by atoms with E-state index in [9.17, 15) is 14.7 Å². The molecular weight excluding hydrogens is 479 g/mol. The van der Waals surface area contributed by atoms with E-state index in [0.717, 1.165) is 5.56 Å². The van der Waals surface area contributed by atoms with E-state index in [2.05, 4.69) is 4.98 Å². The van der Waals surface area contributed by atoms with Gasteiger partial charge in [0.1, 0.15) is 16.8 Å². The standard InChI is InChI=1S/C25H20Cl2N2O5/c1-13-7-6-8-14(11-13)29-20(17-9-4-5-10-28-17)18(22(31)25(29)32)21(30)15-12-16(26)24(34-3)19(27)23(15)33-2/h4-12,20,30H,1-3H3/b21-18+. The van der Waals surface area contributed by atoms with Crippen molar-refractivity contribution in [2.24, 2.45) is 0 Å². The third kappa shape index (κ3) is 3.87. The van der Waals surface area contributed by atoms with Gasteiger partial charge in [-0.05, 0) is 42.8 Å². The van der Waals surface area contributed by atoms with Gasteiger partial charge in [-0.1, -0.05) is 41.4 Å². The number of anilines is 1. The number of aliphatic hydroxyl groups excluding tert-OH is 1. The lowest BCUT2D eigenvalue weighted by atomic mass is 9.97. The lowest BCUT2D eigenvalue weighted by Crippen LogP contribution is -2.29. The van der Waals surface area contributed by atoms with E-state index in [1.807, 2.05) is 13.0 Å². The summed E-state index contributed by atoms with van der Waals surface area (Å²) in [7, 11) is 2.74. The minimum Gasteiger partial charge on any atom is -0.507 e. The van der Waals surface area contributed by atoms with Crippen molar-refractivity contribution < 1.29 is 24.2 Å². The molecule has 0 spiro atoms. The van der Waals surface area contributed by atoms with E-state index in [0.29, 0.717) is 11.4 Å². The fourth-order valence-electron chi connectivity index (χ4n) is 3.99. The molecular formula is C25H20Cl2N2O5. The molecule has 1 amide bonds. The Morgan fingerprint density at radius 2 is 1.76 bits per heavy atom. The van der Waals surface area contributed by atoms with Gasteiger partial charge in [0.05, 0.1) is 36.1 Å². The fraction of sp³-hybridized carbons (Fsp3) is 0.160. The number of halogens is 2. The van der Waals surface area contributed by atoms with Crippen LogP contribution in [-0.2, 0) is 9.59 Å². The number of Topliss-reactive ketones (excluding diaryl/α,β-unsaturated/α-hetero) is 1. The number of methoxy groups -OCH3 is 2. The van der Waals surface area contributed by atoms with Crippen molar-refractivity contribution in [1.29, 1.82) is 0 Å². The Bertz CT molecular complexity index is 1320. The largest absolute Gasteiger partial charge is 0.507 e. The van der Waals surface area contributed by atoms with Crippen molar-refractivity contribution in [3.8, 4) is 11.5 Å². The summed E-state index contributed by atoms with van der Waals surface area (Å²) in [5, 5.41) is 11.5. The number of carbonyl (C=O) groups excluding carboxylic acids is 2. The van der Waals surface area contributed by atoms with Gasteiger partial charge in [0.15, 0.2) is 11.5 Å². The predicted molar refractivity (Wildman–Crippen MR) is 130 cm³/mol. The first-order valence-electron chi connectivity index (χ1n) is 10.2. The van der Waals surface area contributed by atoms with E-state index in [1.54, 1.807) is 42.6 Å². The van der Waals surface area contributed by atoms with Crippen molar-refractivity contribution in [2.75, 3.05) is 19.1 Å². The monoisotopic (exact) mass is 498 g/mol. The Labute approximate surface area is 206 Å². The number of aliphatic hydroxyl groups is 1. The maximum atomic E-state index is 13.3. The van der Waals surface area contributed by atoms with E-state index >= 15 is 0 Å². The minimum absolute atomic E-state index is 0.0151. The molecule has 34 heavy (non-hydrogen) atoms. The Balaban J connectivity index is 2.01. The van der Waals surface area contributed by atoms with Gasteiger partial charge in [-0.2, -0.15) is 0 Å². The van der Waals surface area contributed by atoms with Gasteiger partial charge in [0.25, 0.3) is 11.7 Å². The average Bonchev–Trinajstić information content (AvgIpc) is 3.09. The Kier molecular flexibility index (Phi) is 6.50. The molecule has 174 valence electrons. The van der Waals surface area contributed by atoms with Crippen molar-refractivity contribution in [2.45, 2.75) is 13.0 Å². The van der Waals surface area contributed by atoms with Crippen LogP contribution in [0.15, 0.2) is 60.3 Å². The van der Waals surface area contributed by atoms with Crippen LogP contribution in [0.3, 0.4) is 0 Å². The summed E-state index contributed by atoms with van der Waals surface area (Å²) in [5.41, 5.74) is 1.67. The molecule has 1 N–H and O–H groups in total. The van der Waals surface area contributed by atoms with Gasteiger partial charge in [-0.3, -0.25) is 19.5 Å². The van der Waals surface area contributed by atoms with Gasteiger partial charge in [0, 0.05) is 11.9 Å². The molecule has 4 rings (SSSR count). The third-order valence-corrected chi connectivity index (χ3v) is 6.11. The summed E-state index contributed by atoms with van der Waals surface area (Å²) in [6.45, 7) is 1.88. The second kappa shape index (κ2) is 9.37. The smallest absolute Gasteiger partial charge is 0.300 e. The first kappa shape index (κ1) is 23.6. The predicted octanol–water partition coefficient (Wildman–Crippen LogP) is 5.34. The fourth-order valence-corrected chi connectivity index (χ4v) is 4.67. The third-order valence-electron chi connectivity index (χ3n) is 5.49. The molecule has 1 atom stereocenters. The molecule has 0 aliphatic carbocycles. The van der Waals surface area contributed by atoms with Gasteiger partial charge in [0.2, 0.25) is 0 Å². The number of hydrogen-bond acceptors (Lipinski definition) is 6. The van der Waals surface area contributed by atoms with E-state index < -0.39 is 23.5 Å². The van der Waals surface area contributed by atoms with Gasteiger partial charge in [-0.15, -0.1) is 0 Å². The molecule has 1 aliphatic heterocycles. The number of hydrogen-bond donors (Lipinski definition) is 1. The average molecular weight is 499 g/mol. The maximum Gasteiger partial charge on any atom is 0.300 e. The van der Waals surface area contributed by atoms with Crippen molar-refractivity contribution >= 4 is 46.3 Å². The summed E-state index contributed by atoms with van der Waals surface area (Å²) >= 11 is 12.7. The van der Waals surface area contributed by atoms with E-state index in [1.165, 1.54) is 25.2 Å². The zero-order valence-corrected chi connectivity index (χ0v) is 20.0. The van der Waals surface area contributed by atoms with Crippen LogP contribution in [0.5, 0.6) is 11.5 Å². The number of nitrogens with zero attached hydrogens (tertiary/aromatic N) is 2. The topological polar surface area (TPSA) is 89.0 Å². The SMILES string of the molecule is COc1c(Cl)cc(/C(O)=C2\C(=O)C(=O)N(c3cccc(C)c3)C2c2ccccn2)c(OC)c1Cl. The molecule has 0 radical (unpaired) electrons. The van der Waals surface area contributed by atoms with Crippen LogP contribution in [0.4, 0.5) is 5.69 Å². The minimum atomic E-state index is -0.993. The molecule has 1 unspecified atom stereocenters. The normalized spacial score (nSPS) is 17.2. The molecule has 1 aliphatic rings. The molecule has 2 heterocycles. The highest BCUT2D eigenvalue weighted by molar-refractivity contribution is 6.52. The number of aryl methyl sites for hydroxylation is 1. The Morgan fingerprint density at radius 3 is 2.38 bits per heavy atom. The number of pyridine rings is 1.